The molecule has 1 heterocycles. The Kier molecular flexibility index (Phi) is 10.1. The SMILES string of the molecule is CC(C)c1c(C(=O)Nc2ccccc2)c(-c2ccccc2)c(-c2ccc(F)cc2)n1CCC(O)CC(O)CC(O)O. The molecule has 0 aliphatic heterocycles. The first kappa shape index (κ1) is 30.1. The fourth-order valence-corrected chi connectivity index (χ4v) is 5.26. The molecule has 0 radical (unpaired) electrons. The zero-order valence-electron chi connectivity index (χ0n) is 23.2. The van der Waals surface area contributed by atoms with Crippen LogP contribution in [0.15, 0.2) is 84.9 Å². The summed E-state index contributed by atoms with van der Waals surface area (Å²) in [7, 11) is 0. The molecule has 1 aromatic heterocycles. The van der Waals surface area contributed by atoms with Crippen LogP contribution in [0.3, 0.4) is 0 Å². The molecule has 4 aromatic rings. The maximum Gasteiger partial charge on any atom is 0.258 e. The molecule has 2 atom stereocenters. The van der Waals surface area contributed by atoms with E-state index in [2.05, 4.69) is 5.32 Å². The van der Waals surface area contributed by atoms with Crippen LogP contribution in [0.4, 0.5) is 10.1 Å². The van der Waals surface area contributed by atoms with Crippen LogP contribution in [0, 0.1) is 5.82 Å². The van der Waals surface area contributed by atoms with Crippen molar-refractivity contribution in [3.63, 3.8) is 0 Å². The van der Waals surface area contributed by atoms with Gasteiger partial charge in [0, 0.05) is 29.9 Å². The number of hydrogen-bond donors (Lipinski definition) is 5. The number of amides is 1. The van der Waals surface area contributed by atoms with Gasteiger partial charge in [0.1, 0.15) is 5.82 Å². The van der Waals surface area contributed by atoms with E-state index in [1.807, 2.05) is 79.1 Å². The molecule has 1 amide bonds. The van der Waals surface area contributed by atoms with Crippen LogP contribution >= 0.6 is 0 Å². The molecule has 2 unspecified atom stereocenters. The Labute approximate surface area is 239 Å². The third-order valence-corrected chi connectivity index (χ3v) is 7.00. The smallest absolute Gasteiger partial charge is 0.258 e. The van der Waals surface area contributed by atoms with Gasteiger partial charge in [-0.25, -0.2) is 4.39 Å². The second kappa shape index (κ2) is 13.7. The van der Waals surface area contributed by atoms with Crippen LogP contribution in [-0.2, 0) is 6.54 Å². The summed E-state index contributed by atoms with van der Waals surface area (Å²) in [4.78, 5) is 14.1. The number of carbonyl (C=O) groups is 1. The minimum Gasteiger partial charge on any atom is -0.393 e. The van der Waals surface area contributed by atoms with Gasteiger partial charge >= 0.3 is 0 Å². The van der Waals surface area contributed by atoms with E-state index >= 15 is 0 Å². The van der Waals surface area contributed by atoms with Crippen molar-refractivity contribution in [3.05, 3.63) is 102 Å². The number of halogens is 1. The van der Waals surface area contributed by atoms with Crippen LogP contribution in [0.5, 0.6) is 0 Å². The minimum atomic E-state index is -1.67. The van der Waals surface area contributed by atoms with Crippen LogP contribution in [-0.4, -0.2) is 49.4 Å². The summed E-state index contributed by atoms with van der Waals surface area (Å²) in [5, 5.41) is 42.2. The summed E-state index contributed by atoms with van der Waals surface area (Å²) in [6.45, 7) is 4.29. The van der Waals surface area contributed by atoms with Crippen LogP contribution < -0.4 is 5.32 Å². The first-order valence-corrected chi connectivity index (χ1v) is 13.8. The Bertz CT molecular complexity index is 1420. The summed E-state index contributed by atoms with van der Waals surface area (Å²) in [6.07, 6.45) is -3.75. The monoisotopic (exact) mass is 560 g/mol. The summed E-state index contributed by atoms with van der Waals surface area (Å²) in [5.41, 5.74) is 4.85. The molecular formula is C33H37FN2O5. The summed E-state index contributed by atoms with van der Waals surface area (Å²) in [6, 6.07) is 24.9. The van der Waals surface area contributed by atoms with E-state index in [4.69, 9.17) is 10.2 Å². The number of nitrogens with zero attached hydrogens (tertiary/aromatic N) is 1. The maximum atomic E-state index is 14.1. The molecular weight excluding hydrogens is 523 g/mol. The molecule has 0 bridgehead atoms. The number of anilines is 1. The van der Waals surface area contributed by atoms with Gasteiger partial charge in [-0.05, 0) is 66.3 Å². The van der Waals surface area contributed by atoms with Crippen molar-refractivity contribution in [1.29, 1.82) is 0 Å². The number of rotatable bonds is 12. The van der Waals surface area contributed by atoms with E-state index in [9.17, 15) is 19.4 Å². The topological polar surface area (TPSA) is 115 Å². The third kappa shape index (κ3) is 7.48. The van der Waals surface area contributed by atoms with E-state index in [0.29, 0.717) is 28.9 Å². The number of benzene rings is 3. The zero-order valence-corrected chi connectivity index (χ0v) is 23.2. The number of carbonyl (C=O) groups excluding carboxylic acids is 1. The summed E-state index contributed by atoms with van der Waals surface area (Å²) in [5.74, 6) is -0.765. The van der Waals surface area contributed by atoms with E-state index in [1.165, 1.54) is 12.1 Å². The van der Waals surface area contributed by atoms with E-state index in [0.717, 1.165) is 17.0 Å². The lowest BCUT2D eigenvalue weighted by Crippen LogP contribution is -2.24. The third-order valence-electron chi connectivity index (χ3n) is 7.00. The van der Waals surface area contributed by atoms with Crippen LogP contribution in [0.25, 0.3) is 22.4 Å². The highest BCUT2D eigenvalue weighted by molar-refractivity contribution is 6.12. The van der Waals surface area contributed by atoms with Gasteiger partial charge in [-0.1, -0.05) is 62.4 Å². The van der Waals surface area contributed by atoms with Gasteiger partial charge in [0.25, 0.3) is 5.91 Å². The molecule has 7 nitrogen and oxygen atoms in total. The highest BCUT2D eigenvalue weighted by atomic mass is 19.1. The van der Waals surface area contributed by atoms with Crippen molar-refractivity contribution < 1.29 is 29.6 Å². The lowest BCUT2D eigenvalue weighted by atomic mass is 9.94. The molecule has 0 saturated heterocycles. The quantitative estimate of drug-likeness (QED) is 0.146. The average molecular weight is 561 g/mol. The number of aliphatic hydroxyl groups is 4. The number of hydrogen-bond acceptors (Lipinski definition) is 5. The molecule has 0 fully saturated rings. The number of aliphatic hydroxyl groups excluding tert-OH is 3. The van der Waals surface area contributed by atoms with Crippen LogP contribution in [0.2, 0.25) is 0 Å². The molecule has 41 heavy (non-hydrogen) atoms. The number of nitrogens with one attached hydrogen (secondary N) is 1. The normalized spacial score (nSPS) is 13.0. The predicted octanol–water partition coefficient (Wildman–Crippen LogP) is 5.54. The van der Waals surface area contributed by atoms with Gasteiger partial charge in [0.15, 0.2) is 6.29 Å². The Morgan fingerprint density at radius 1 is 0.805 bits per heavy atom. The van der Waals surface area contributed by atoms with Crippen molar-refractivity contribution >= 4 is 11.6 Å². The van der Waals surface area contributed by atoms with Gasteiger partial charge in [-0.15, -0.1) is 0 Å². The fraction of sp³-hybridized carbons (Fsp3) is 0.303. The van der Waals surface area contributed by atoms with Crippen molar-refractivity contribution in [2.24, 2.45) is 0 Å². The van der Waals surface area contributed by atoms with Gasteiger partial charge in [0.2, 0.25) is 0 Å². The standard InChI is InChI=1S/C33H37FN2O5/c1-21(2)31-30(33(41)35-25-11-7-4-8-12-25)29(22-9-5-3-6-10-22)32(23-13-15-24(34)16-14-23)36(31)18-17-26(37)19-27(38)20-28(39)40/h3-16,21,26-28,37-40H,17-20H2,1-2H3,(H,35,41). The minimum absolute atomic E-state index is 0.0331. The second-order valence-corrected chi connectivity index (χ2v) is 10.5. The fourth-order valence-electron chi connectivity index (χ4n) is 5.26. The number of aromatic nitrogens is 1. The second-order valence-electron chi connectivity index (χ2n) is 10.5. The maximum absolute atomic E-state index is 14.1. The molecule has 216 valence electrons. The molecule has 4 rings (SSSR count). The lowest BCUT2D eigenvalue weighted by Gasteiger charge is -2.20. The Balaban J connectivity index is 1.89. The lowest BCUT2D eigenvalue weighted by molar-refractivity contribution is -0.0758. The van der Waals surface area contributed by atoms with E-state index in [-0.39, 0.29) is 36.9 Å². The first-order chi connectivity index (χ1) is 19.7. The van der Waals surface area contributed by atoms with E-state index in [1.54, 1.807) is 12.1 Å². The van der Waals surface area contributed by atoms with E-state index < -0.39 is 18.5 Å². The zero-order chi connectivity index (χ0) is 29.5. The van der Waals surface area contributed by atoms with Gasteiger partial charge in [-0.3, -0.25) is 4.79 Å². The summed E-state index contributed by atoms with van der Waals surface area (Å²) < 4.78 is 16.0. The van der Waals surface area contributed by atoms with Crippen molar-refractivity contribution in [2.75, 3.05) is 5.32 Å². The highest BCUT2D eigenvalue weighted by Gasteiger charge is 2.31. The average Bonchev–Trinajstić information content (AvgIpc) is 3.28. The molecule has 3 aromatic carbocycles. The van der Waals surface area contributed by atoms with Crippen molar-refractivity contribution in [3.8, 4) is 22.4 Å². The molecule has 0 aliphatic rings. The molecule has 0 spiro atoms. The number of para-hydroxylation sites is 1. The van der Waals surface area contributed by atoms with Gasteiger partial charge in [0.05, 0.1) is 23.5 Å². The molecule has 5 N–H and O–H groups in total. The van der Waals surface area contributed by atoms with Crippen molar-refractivity contribution in [1.82, 2.24) is 4.57 Å². The first-order valence-electron chi connectivity index (χ1n) is 13.8. The van der Waals surface area contributed by atoms with Gasteiger partial charge in [-0.2, -0.15) is 0 Å². The molecule has 0 aliphatic carbocycles. The molecule has 0 saturated carbocycles. The van der Waals surface area contributed by atoms with Gasteiger partial charge < -0.3 is 30.3 Å². The Hall–Kier alpha value is -3.82. The summed E-state index contributed by atoms with van der Waals surface area (Å²) >= 11 is 0. The molecule has 8 heteroatoms. The Morgan fingerprint density at radius 3 is 2.00 bits per heavy atom. The van der Waals surface area contributed by atoms with Crippen LogP contribution in [0.1, 0.15) is 55.1 Å². The Morgan fingerprint density at radius 2 is 1.41 bits per heavy atom. The predicted molar refractivity (Wildman–Crippen MR) is 158 cm³/mol. The van der Waals surface area contributed by atoms with Crippen molar-refractivity contribution in [2.45, 2.75) is 64.1 Å². The largest absolute Gasteiger partial charge is 0.393 e. The highest BCUT2D eigenvalue weighted by Crippen LogP contribution is 2.42.